The summed E-state index contributed by atoms with van der Waals surface area (Å²) in [4.78, 5) is 9.51. The molecule has 2 aromatic heterocycles. The summed E-state index contributed by atoms with van der Waals surface area (Å²) in [5, 5.41) is 4.96. The molecule has 5 heteroatoms. The minimum Gasteiger partial charge on any atom is -0.331 e. The van der Waals surface area contributed by atoms with Crippen LogP contribution in [0.5, 0.6) is 0 Å². The van der Waals surface area contributed by atoms with Crippen molar-refractivity contribution in [3.05, 3.63) is 65.8 Å². The van der Waals surface area contributed by atoms with E-state index < -0.39 is 0 Å². The summed E-state index contributed by atoms with van der Waals surface area (Å²) in [7, 11) is 0. The molecule has 0 radical (unpaired) electrons. The fourth-order valence-corrected chi connectivity index (χ4v) is 6.06. The van der Waals surface area contributed by atoms with Gasteiger partial charge in [0, 0.05) is 30.6 Å². The van der Waals surface area contributed by atoms with Crippen molar-refractivity contribution in [3.63, 3.8) is 0 Å². The van der Waals surface area contributed by atoms with Crippen molar-refractivity contribution in [1.29, 1.82) is 0 Å². The summed E-state index contributed by atoms with van der Waals surface area (Å²) in [5.41, 5.74) is 3.26. The minimum absolute atomic E-state index is 0.338. The van der Waals surface area contributed by atoms with E-state index in [4.69, 9.17) is 10.1 Å². The van der Waals surface area contributed by atoms with E-state index in [0.29, 0.717) is 16.9 Å². The van der Waals surface area contributed by atoms with Crippen LogP contribution in [0.15, 0.2) is 42.9 Å². The Balaban J connectivity index is 0.000000937. The monoisotopic (exact) mass is 403 g/mol. The summed E-state index contributed by atoms with van der Waals surface area (Å²) in [6, 6.07) is 10.9. The molecule has 0 amide bonds. The van der Waals surface area contributed by atoms with Gasteiger partial charge in [-0.1, -0.05) is 50.6 Å². The first kappa shape index (κ1) is 19.5. The molecule has 2 bridgehead atoms. The van der Waals surface area contributed by atoms with Crippen LogP contribution >= 0.6 is 0 Å². The van der Waals surface area contributed by atoms with Crippen LogP contribution in [0.2, 0.25) is 0 Å². The number of fused-ring (bicyclic) bond motifs is 1. The summed E-state index contributed by atoms with van der Waals surface area (Å²) in [5.74, 6) is 2.64. The number of aromatic nitrogens is 5. The Kier molecular flexibility index (Phi) is 4.79. The zero-order valence-electron chi connectivity index (χ0n) is 18.5. The topological polar surface area (TPSA) is 48.5 Å². The molecule has 1 atom stereocenters. The van der Waals surface area contributed by atoms with Crippen LogP contribution in [0.4, 0.5) is 0 Å². The predicted octanol–water partition coefficient (Wildman–Crippen LogP) is 5.25. The number of imidazole rings is 1. The molecule has 3 aliphatic carbocycles. The largest absolute Gasteiger partial charge is 0.331 e. The molecule has 1 unspecified atom stereocenters. The van der Waals surface area contributed by atoms with Crippen molar-refractivity contribution >= 4 is 0 Å². The maximum Gasteiger partial charge on any atom is 0.151 e. The van der Waals surface area contributed by atoms with Crippen molar-refractivity contribution in [3.8, 4) is 0 Å². The van der Waals surface area contributed by atoms with Crippen LogP contribution in [-0.4, -0.2) is 24.3 Å². The lowest BCUT2D eigenvalue weighted by Crippen LogP contribution is -2.68. The molecule has 7 rings (SSSR count). The molecule has 5 nitrogen and oxygen atoms in total. The second-order valence-electron chi connectivity index (χ2n) is 9.42. The minimum atomic E-state index is 0.338. The Morgan fingerprint density at radius 2 is 1.83 bits per heavy atom. The van der Waals surface area contributed by atoms with Gasteiger partial charge in [-0.25, -0.2) is 14.6 Å². The fraction of sp³-hybridized carbons (Fsp3) is 0.560. The first-order valence-electron chi connectivity index (χ1n) is 11.6. The van der Waals surface area contributed by atoms with Gasteiger partial charge in [-0.05, 0) is 50.0 Å². The van der Waals surface area contributed by atoms with Gasteiger partial charge in [0.1, 0.15) is 5.82 Å². The van der Waals surface area contributed by atoms with Crippen LogP contribution in [-0.2, 0) is 18.5 Å². The van der Waals surface area contributed by atoms with Crippen LogP contribution in [0, 0.1) is 12.3 Å². The Morgan fingerprint density at radius 1 is 1.07 bits per heavy atom. The molecule has 3 heterocycles. The molecule has 4 aliphatic rings. The van der Waals surface area contributed by atoms with Crippen molar-refractivity contribution in [2.75, 3.05) is 0 Å². The highest BCUT2D eigenvalue weighted by Gasteiger charge is 2.68. The Hall–Kier alpha value is -2.43. The van der Waals surface area contributed by atoms with Gasteiger partial charge in [0.15, 0.2) is 5.82 Å². The predicted molar refractivity (Wildman–Crippen MR) is 118 cm³/mol. The third-order valence-corrected chi connectivity index (χ3v) is 7.28. The summed E-state index contributed by atoms with van der Waals surface area (Å²) >= 11 is 0. The lowest BCUT2D eigenvalue weighted by atomic mass is 9.38. The van der Waals surface area contributed by atoms with Gasteiger partial charge < -0.3 is 4.57 Å². The molecule has 3 aromatic rings. The van der Waals surface area contributed by atoms with E-state index in [0.717, 1.165) is 24.5 Å². The third kappa shape index (κ3) is 3.10. The van der Waals surface area contributed by atoms with Gasteiger partial charge in [-0.2, -0.15) is 5.10 Å². The Morgan fingerprint density at radius 3 is 2.53 bits per heavy atom. The van der Waals surface area contributed by atoms with Crippen molar-refractivity contribution in [2.24, 2.45) is 5.41 Å². The van der Waals surface area contributed by atoms with Gasteiger partial charge in [-0.15, -0.1) is 0 Å². The smallest absolute Gasteiger partial charge is 0.151 e. The van der Waals surface area contributed by atoms with Crippen molar-refractivity contribution < 1.29 is 0 Å². The lowest BCUT2D eigenvalue weighted by Gasteiger charge is -2.71. The lowest BCUT2D eigenvalue weighted by molar-refractivity contribution is -0.187. The molecule has 3 saturated carbocycles. The van der Waals surface area contributed by atoms with E-state index in [-0.39, 0.29) is 0 Å². The van der Waals surface area contributed by atoms with E-state index in [2.05, 4.69) is 57.7 Å². The molecule has 0 N–H and O–H groups in total. The fourth-order valence-electron chi connectivity index (χ4n) is 6.06. The Labute approximate surface area is 179 Å². The molecule has 1 aromatic carbocycles. The summed E-state index contributed by atoms with van der Waals surface area (Å²) < 4.78 is 4.56. The van der Waals surface area contributed by atoms with Gasteiger partial charge in [0.25, 0.3) is 0 Å². The average Bonchev–Trinajstić information content (AvgIpc) is 3.27. The number of aryl methyl sites for hydroxylation is 2. The van der Waals surface area contributed by atoms with Crippen LogP contribution in [0.3, 0.4) is 0 Å². The molecule has 158 valence electrons. The molecule has 30 heavy (non-hydrogen) atoms. The number of hydrogen-bond donors (Lipinski definition) is 0. The van der Waals surface area contributed by atoms with Gasteiger partial charge >= 0.3 is 0 Å². The normalized spacial score (nSPS) is 29.0. The molecular formula is C25H33N5. The Bertz CT molecular complexity index is 996. The summed E-state index contributed by atoms with van der Waals surface area (Å²) in [6.07, 6.45) is 12.6. The van der Waals surface area contributed by atoms with E-state index in [9.17, 15) is 0 Å². The second-order valence-corrected chi connectivity index (χ2v) is 9.42. The molecule has 0 saturated heterocycles. The van der Waals surface area contributed by atoms with Gasteiger partial charge in [0.2, 0.25) is 0 Å². The summed E-state index contributed by atoms with van der Waals surface area (Å²) in [6.45, 7) is 7.08. The van der Waals surface area contributed by atoms with Crippen molar-refractivity contribution in [1.82, 2.24) is 24.3 Å². The molecule has 0 spiro atoms. The van der Waals surface area contributed by atoms with Gasteiger partial charge in [-0.3, -0.25) is 0 Å². The van der Waals surface area contributed by atoms with E-state index in [1.165, 1.54) is 49.9 Å². The number of rotatable bonds is 4. The van der Waals surface area contributed by atoms with E-state index in [1.807, 2.05) is 20.2 Å². The average molecular weight is 404 g/mol. The quantitative estimate of drug-likeness (QED) is 0.598. The molecule has 1 aliphatic heterocycles. The zero-order chi connectivity index (χ0) is 20.8. The number of hydrogen-bond acceptors (Lipinski definition) is 3. The molecule has 3 fully saturated rings. The first-order valence-corrected chi connectivity index (χ1v) is 11.6. The zero-order valence-corrected chi connectivity index (χ0v) is 18.5. The molecular weight excluding hydrogens is 370 g/mol. The SMILES string of the molecule is CC.Cc1cn(C23CC(Cc4nc5n(n4)CCCCC5c4ccccc4)(C2)C3)cn1. The van der Waals surface area contributed by atoms with E-state index in [1.54, 1.807) is 0 Å². The van der Waals surface area contributed by atoms with Crippen LogP contribution in [0.25, 0.3) is 0 Å². The van der Waals surface area contributed by atoms with Crippen LogP contribution < -0.4 is 0 Å². The third-order valence-electron chi connectivity index (χ3n) is 7.28. The maximum atomic E-state index is 5.09. The van der Waals surface area contributed by atoms with Gasteiger partial charge in [0.05, 0.1) is 12.0 Å². The number of benzene rings is 1. The maximum absolute atomic E-state index is 5.09. The number of nitrogens with zero attached hydrogens (tertiary/aromatic N) is 5. The van der Waals surface area contributed by atoms with Crippen LogP contribution in [0.1, 0.15) is 81.2 Å². The second kappa shape index (κ2) is 7.36. The standard InChI is InChI=1S/C23H27N5.C2H6/c1-17-12-27(16-24-17)23-13-22(14-23,15-23)11-20-25-21-19(18-7-3-2-4-8-18)9-5-6-10-28(21)26-20;1-2/h2-4,7-8,12,16,19H,5-6,9-11,13-15H2,1H3;1-2H3. The first-order chi connectivity index (χ1) is 14.6. The highest BCUT2D eigenvalue weighted by atomic mass is 15.4. The highest BCUT2D eigenvalue weighted by molar-refractivity contribution is 5.28. The van der Waals surface area contributed by atoms with E-state index >= 15 is 0 Å². The van der Waals surface area contributed by atoms with Crippen molar-refractivity contribution in [2.45, 2.75) is 83.7 Å². The highest BCUT2D eigenvalue weighted by Crippen LogP contribution is 2.72.